The van der Waals surface area contributed by atoms with Gasteiger partial charge in [-0.1, -0.05) is 42.2 Å². The van der Waals surface area contributed by atoms with Gasteiger partial charge in [0, 0.05) is 32.7 Å². The zero-order valence-electron chi connectivity index (χ0n) is 23.7. The summed E-state index contributed by atoms with van der Waals surface area (Å²) in [5.41, 5.74) is 1.73. The number of anilines is 2. The fraction of sp³-hybridized carbons (Fsp3) is 0.345. The lowest BCUT2D eigenvalue weighted by Crippen LogP contribution is -2.47. The van der Waals surface area contributed by atoms with Crippen molar-refractivity contribution in [3.05, 3.63) is 78.3 Å². The standard InChI is InChI=1S/C29H30N6O4S2/c1-16-14-33(15-17(2)39-16)25-21(18(3)22(13-30)26(36)31(25)5)12-23-27(37)34(29(40)41-23)24-19(4)32(6)35(28(24)38)20-10-8-7-9-11-20/h7-12,16-17H,14-15H2,1-6H3/b23-12-. The number of nitrogens with zero attached hydrogens (tertiary/aromatic N) is 6. The van der Waals surface area contributed by atoms with E-state index in [1.165, 1.54) is 14.1 Å². The van der Waals surface area contributed by atoms with Crippen molar-refractivity contribution in [3.63, 3.8) is 0 Å². The number of carbonyl (C=O) groups is 1. The lowest BCUT2D eigenvalue weighted by molar-refractivity contribution is -0.113. The molecule has 2 aliphatic rings. The van der Waals surface area contributed by atoms with Gasteiger partial charge in [0.1, 0.15) is 23.1 Å². The fourth-order valence-electron chi connectivity index (χ4n) is 5.55. The Balaban J connectivity index is 1.65. The average Bonchev–Trinajstić information content (AvgIpc) is 3.32. The molecule has 0 aliphatic carbocycles. The first-order valence-electron chi connectivity index (χ1n) is 13.1. The highest BCUT2D eigenvalue weighted by molar-refractivity contribution is 8.27. The first kappa shape index (κ1) is 28.6. The number of amides is 1. The summed E-state index contributed by atoms with van der Waals surface area (Å²) in [7, 11) is 3.39. The predicted octanol–water partition coefficient (Wildman–Crippen LogP) is 3.38. The Labute approximate surface area is 247 Å². The maximum Gasteiger partial charge on any atom is 0.296 e. The Morgan fingerprint density at radius 2 is 1.68 bits per heavy atom. The molecule has 1 aromatic carbocycles. The second-order valence-electron chi connectivity index (χ2n) is 10.3. The van der Waals surface area contributed by atoms with Crippen LogP contribution in [0.3, 0.4) is 0 Å². The minimum atomic E-state index is -0.438. The molecule has 10 nitrogen and oxygen atoms in total. The molecule has 0 spiro atoms. The van der Waals surface area contributed by atoms with Crippen LogP contribution in [0, 0.1) is 25.2 Å². The molecule has 12 heteroatoms. The molecule has 4 heterocycles. The van der Waals surface area contributed by atoms with Crippen molar-refractivity contribution in [1.29, 1.82) is 5.26 Å². The Hall–Kier alpha value is -3.92. The summed E-state index contributed by atoms with van der Waals surface area (Å²) >= 11 is 6.72. The second-order valence-corrected chi connectivity index (χ2v) is 12.0. The summed E-state index contributed by atoms with van der Waals surface area (Å²) < 4.78 is 10.8. The maximum absolute atomic E-state index is 13.9. The van der Waals surface area contributed by atoms with Gasteiger partial charge >= 0.3 is 0 Å². The summed E-state index contributed by atoms with van der Waals surface area (Å²) in [6.45, 7) is 8.48. The first-order valence-corrected chi connectivity index (χ1v) is 14.3. The number of para-hydroxylation sites is 1. The lowest BCUT2D eigenvalue weighted by atomic mass is 10.0. The molecule has 41 heavy (non-hydrogen) atoms. The van der Waals surface area contributed by atoms with Crippen LogP contribution in [0.25, 0.3) is 11.8 Å². The van der Waals surface area contributed by atoms with Crippen LogP contribution < -0.4 is 20.9 Å². The van der Waals surface area contributed by atoms with E-state index in [1.807, 2.05) is 50.2 Å². The van der Waals surface area contributed by atoms with Crippen molar-refractivity contribution in [2.45, 2.75) is 39.9 Å². The van der Waals surface area contributed by atoms with E-state index in [1.54, 1.807) is 38.7 Å². The van der Waals surface area contributed by atoms with E-state index in [0.717, 1.165) is 11.8 Å². The number of carbonyl (C=O) groups excluding carboxylic acids is 1. The van der Waals surface area contributed by atoms with Crippen molar-refractivity contribution in [3.8, 4) is 11.8 Å². The number of pyridine rings is 1. The number of thiocarbonyl (C=S) groups is 1. The number of aromatic nitrogens is 3. The highest BCUT2D eigenvalue weighted by Crippen LogP contribution is 2.38. The number of hydrogen-bond donors (Lipinski definition) is 0. The summed E-state index contributed by atoms with van der Waals surface area (Å²) in [5.74, 6) is 0.161. The average molecular weight is 591 g/mol. The third kappa shape index (κ3) is 4.73. The van der Waals surface area contributed by atoms with E-state index in [4.69, 9.17) is 17.0 Å². The molecule has 3 aromatic rings. The predicted molar refractivity (Wildman–Crippen MR) is 165 cm³/mol. The number of hydrogen-bond acceptors (Lipinski definition) is 8. The van der Waals surface area contributed by atoms with E-state index >= 15 is 0 Å². The number of morpholine rings is 1. The molecule has 0 radical (unpaired) electrons. The molecule has 2 aliphatic heterocycles. The number of benzene rings is 1. The normalized spacial score (nSPS) is 20.3. The summed E-state index contributed by atoms with van der Waals surface area (Å²) in [6, 6.07) is 11.2. The van der Waals surface area contributed by atoms with Crippen LogP contribution in [0.2, 0.25) is 0 Å². The Bertz CT molecular complexity index is 1770. The lowest BCUT2D eigenvalue weighted by Gasteiger charge is -2.38. The number of ether oxygens (including phenoxy) is 1. The number of nitriles is 1. The maximum atomic E-state index is 13.9. The SMILES string of the molecule is Cc1c(/C=C2\SC(=S)N(c3c(C)n(C)n(-c4ccccc4)c3=O)C2=O)c(N2CC(C)OC(C)C2)n(C)c(=O)c1C#N. The van der Waals surface area contributed by atoms with Gasteiger partial charge in [-0.25, -0.2) is 4.68 Å². The molecular formula is C29H30N6O4S2. The second kappa shape index (κ2) is 10.8. The molecule has 0 N–H and O–H groups in total. The van der Waals surface area contributed by atoms with Crippen molar-refractivity contribution in [1.82, 2.24) is 13.9 Å². The van der Waals surface area contributed by atoms with Crippen molar-refractivity contribution in [2.24, 2.45) is 14.1 Å². The monoisotopic (exact) mass is 590 g/mol. The van der Waals surface area contributed by atoms with Crippen molar-refractivity contribution >= 4 is 51.8 Å². The van der Waals surface area contributed by atoms with Gasteiger partial charge in [0.15, 0.2) is 4.32 Å². The van der Waals surface area contributed by atoms with Crippen LogP contribution in [0.4, 0.5) is 11.5 Å². The molecule has 2 unspecified atom stereocenters. The van der Waals surface area contributed by atoms with E-state index in [2.05, 4.69) is 4.90 Å². The molecule has 0 bridgehead atoms. The van der Waals surface area contributed by atoms with E-state index in [9.17, 15) is 19.6 Å². The highest BCUT2D eigenvalue weighted by Gasteiger charge is 2.38. The summed E-state index contributed by atoms with van der Waals surface area (Å²) in [4.78, 5) is 44.4. The van der Waals surface area contributed by atoms with Crippen LogP contribution >= 0.6 is 24.0 Å². The Morgan fingerprint density at radius 1 is 1.05 bits per heavy atom. The Kier molecular flexibility index (Phi) is 7.54. The van der Waals surface area contributed by atoms with Gasteiger partial charge in [0.05, 0.1) is 28.5 Å². The fourth-order valence-corrected chi connectivity index (χ4v) is 6.80. The molecule has 5 rings (SSSR count). The third-order valence-corrected chi connectivity index (χ3v) is 8.81. The molecule has 2 aromatic heterocycles. The molecule has 2 fully saturated rings. The summed E-state index contributed by atoms with van der Waals surface area (Å²) in [6.07, 6.45) is 1.52. The zero-order valence-corrected chi connectivity index (χ0v) is 25.3. The number of thioether (sulfide) groups is 1. The van der Waals surface area contributed by atoms with Crippen molar-refractivity contribution < 1.29 is 9.53 Å². The zero-order chi connectivity index (χ0) is 29.7. The summed E-state index contributed by atoms with van der Waals surface area (Å²) in [5, 5.41) is 9.80. The van der Waals surface area contributed by atoms with E-state index in [0.29, 0.717) is 46.3 Å². The van der Waals surface area contributed by atoms with Gasteiger partial charge < -0.3 is 9.64 Å². The number of rotatable bonds is 4. The van der Waals surface area contributed by atoms with Crippen LogP contribution in [0.1, 0.15) is 36.2 Å². The van der Waals surface area contributed by atoms with Crippen LogP contribution in [-0.4, -0.2) is 49.5 Å². The van der Waals surface area contributed by atoms with Gasteiger partial charge in [-0.2, -0.15) is 5.26 Å². The molecule has 0 saturated carbocycles. The van der Waals surface area contributed by atoms with Gasteiger partial charge in [0.2, 0.25) is 0 Å². The van der Waals surface area contributed by atoms with Crippen molar-refractivity contribution in [2.75, 3.05) is 22.9 Å². The molecular weight excluding hydrogens is 560 g/mol. The molecule has 2 atom stereocenters. The topological polar surface area (TPSA) is 106 Å². The van der Waals surface area contributed by atoms with Crippen LogP contribution in [0.5, 0.6) is 0 Å². The smallest absolute Gasteiger partial charge is 0.296 e. The quantitative estimate of drug-likeness (QED) is 0.337. The van der Waals surface area contributed by atoms with Gasteiger partial charge in [-0.15, -0.1) is 0 Å². The highest BCUT2D eigenvalue weighted by atomic mass is 32.2. The van der Waals surface area contributed by atoms with E-state index in [-0.39, 0.29) is 33.3 Å². The van der Waals surface area contributed by atoms with Gasteiger partial charge in [-0.3, -0.25) is 28.5 Å². The van der Waals surface area contributed by atoms with Crippen LogP contribution in [0.15, 0.2) is 44.8 Å². The molecule has 2 saturated heterocycles. The first-order chi connectivity index (χ1) is 19.5. The van der Waals surface area contributed by atoms with Gasteiger partial charge in [-0.05, 0) is 51.5 Å². The Morgan fingerprint density at radius 3 is 2.29 bits per heavy atom. The minimum Gasteiger partial charge on any atom is -0.372 e. The molecule has 212 valence electrons. The van der Waals surface area contributed by atoms with Crippen LogP contribution in [-0.2, 0) is 23.6 Å². The largest absolute Gasteiger partial charge is 0.372 e. The third-order valence-electron chi connectivity index (χ3n) is 7.50. The van der Waals surface area contributed by atoms with E-state index < -0.39 is 11.5 Å². The minimum absolute atomic E-state index is 0.0111. The molecule has 1 amide bonds. The van der Waals surface area contributed by atoms with Gasteiger partial charge in [0.25, 0.3) is 17.0 Å².